The molecule has 2 atom stereocenters. The first-order chi connectivity index (χ1) is 9.35. The maximum Gasteiger partial charge on any atom is 0.0866 e. The average molecular weight is 281 g/mol. The molecule has 2 rings (SSSR count). The molecule has 19 heavy (non-hydrogen) atoms. The molecule has 1 saturated heterocycles. The number of benzene rings is 1. The largest absolute Gasteiger partial charge is 0.383 e. The van der Waals surface area contributed by atoms with Gasteiger partial charge < -0.3 is 14.8 Å². The van der Waals surface area contributed by atoms with Crippen LogP contribution in [0.3, 0.4) is 0 Å². The van der Waals surface area contributed by atoms with Crippen molar-refractivity contribution in [1.29, 1.82) is 0 Å². The van der Waals surface area contributed by atoms with Crippen LogP contribution in [-0.4, -0.2) is 39.7 Å². The van der Waals surface area contributed by atoms with Gasteiger partial charge in [0.05, 0.1) is 12.7 Å². The summed E-state index contributed by atoms with van der Waals surface area (Å²) in [5.74, 6) is 0.567. The number of hydrogen-bond acceptors (Lipinski definition) is 4. The van der Waals surface area contributed by atoms with Crippen molar-refractivity contribution in [3.05, 3.63) is 29.8 Å². The van der Waals surface area contributed by atoms with E-state index in [9.17, 15) is 0 Å². The van der Waals surface area contributed by atoms with Crippen LogP contribution in [0.5, 0.6) is 0 Å². The third kappa shape index (κ3) is 4.21. The summed E-state index contributed by atoms with van der Waals surface area (Å²) >= 11 is 1.77. The second kappa shape index (κ2) is 7.90. The van der Waals surface area contributed by atoms with E-state index >= 15 is 0 Å². The Balaban J connectivity index is 1.89. The summed E-state index contributed by atoms with van der Waals surface area (Å²) in [7, 11) is 1.73. The number of nitrogens with one attached hydrogen (secondary N) is 1. The predicted molar refractivity (Wildman–Crippen MR) is 79.8 cm³/mol. The van der Waals surface area contributed by atoms with Crippen molar-refractivity contribution >= 4 is 11.8 Å². The summed E-state index contributed by atoms with van der Waals surface area (Å²) < 4.78 is 11.0. The molecule has 106 valence electrons. The molecule has 3 nitrogen and oxygen atoms in total. The molecule has 1 aliphatic heterocycles. The maximum atomic E-state index is 5.90. The van der Waals surface area contributed by atoms with Gasteiger partial charge in [-0.1, -0.05) is 12.1 Å². The van der Waals surface area contributed by atoms with Crippen molar-refractivity contribution in [1.82, 2.24) is 5.32 Å². The molecule has 0 radical (unpaired) electrons. The quantitative estimate of drug-likeness (QED) is 0.615. The van der Waals surface area contributed by atoms with Gasteiger partial charge in [0, 0.05) is 37.6 Å². The Labute approximate surface area is 120 Å². The van der Waals surface area contributed by atoms with Gasteiger partial charge in [-0.25, -0.2) is 0 Å². The van der Waals surface area contributed by atoms with Crippen molar-refractivity contribution in [3.8, 4) is 0 Å². The molecule has 0 amide bonds. The van der Waals surface area contributed by atoms with E-state index < -0.39 is 0 Å². The van der Waals surface area contributed by atoms with Crippen molar-refractivity contribution in [2.75, 3.05) is 39.7 Å². The normalized spacial score (nSPS) is 22.8. The molecule has 1 heterocycles. The minimum absolute atomic E-state index is 0.242. The Morgan fingerprint density at radius 1 is 1.37 bits per heavy atom. The predicted octanol–water partition coefficient (Wildman–Crippen LogP) is 2.72. The van der Waals surface area contributed by atoms with Gasteiger partial charge in [-0.3, -0.25) is 0 Å². The van der Waals surface area contributed by atoms with Gasteiger partial charge in [-0.05, 0) is 30.4 Å². The van der Waals surface area contributed by atoms with Crippen LogP contribution in [0.2, 0.25) is 0 Å². The summed E-state index contributed by atoms with van der Waals surface area (Å²) in [6.07, 6.45) is 3.48. The molecule has 0 aromatic heterocycles. The Bertz CT molecular complexity index is 369. The molecule has 1 aromatic rings. The highest BCUT2D eigenvalue weighted by Gasteiger charge is 2.29. The molecule has 1 aliphatic rings. The fourth-order valence-corrected chi connectivity index (χ4v) is 2.87. The molecule has 0 aliphatic carbocycles. The molecular weight excluding hydrogens is 258 g/mol. The van der Waals surface area contributed by atoms with Crippen LogP contribution in [0.25, 0.3) is 0 Å². The minimum Gasteiger partial charge on any atom is -0.383 e. The smallest absolute Gasteiger partial charge is 0.0866 e. The standard InChI is InChI=1S/C15H23NO2S/c1-17-10-8-16-11-13-7-9-18-15(13)12-3-5-14(19-2)6-4-12/h3-6,13,15-16H,7-11H2,1-2H3. The van der Waals surface area contributed by atoms with Crippen LogP contribution in [-0.2, 0) is 9.47 Å². The summed E-state index contributed by atoms with van der Waals surface area (Å²) in [6, 6.07) is 8.75. The third-order valence-corrected chi connectivity index (χ3v) is 4.29. The van der Waals surface area contributed by atoms with Crippen LogP contribution >= 0.6 is 11.8 Å². The van der Waals surface area contributed by atoms with Crippen LogP contribution in [0.4, 0.5) is 0 Å². The highest BCUT2D eigenvalue weighted by Crippen LogP contribution is 2.34. The van der Waals surface area contributed by atoms with Crippen molar-refractivity contribution in [2.24, 2.45) is 5.92 Å². The summed E-state index contributed by atoms with van der Waals surface area (Å²) in [5.41, 5.74) is 1.30. The number of methoxy groups -OCH3 is 1. The lowest BCUT2D eigenvalue weighted by Crippen LogP contribution is -2.27. The van der Waals surface area contributed by atoms with Gasteiger partial charge in [0.2, 0.25) is 0 Å². The number of thioether (sulfide) groups is 1. The lowest BCUT2D eigenvalue weighted by atomic mass is 9.95. The van der Waals surface area contributed by atoms with E-state index in [0.717, 1.165) is 32.7 Å². The summed E-state index contributed by atoms with van der Waals surface area (Å²) in [4.78, 5) is 1.30. The fourth-order valence-electron chi connectivity index (χ4n) is 2.47. The van der Waals surface area contributed by atoms with Gasteiger partial charge >= 0.3 is 0 Å². The maximum absolute atomic E-state index is 5.90. The lowest BCUT2D eigenvalue weighted by Gasteiger charge is -2.19. The lowest BCUT2D eigenvalue weighted by molar-refractivity contribution is 0.0898. The number of ether oxygens (including phenoxy) is 2. The van der Waals surface area contributed by atoms with Crippen LogP contribution < -0.4 is 5.32 Å². The van der Waals surface area contributed by atoms with Crippen LogP contribution in [0, 0.1) is 5.92 Å². The molecule has 0 spiro atoms. The highest BCUT2D eigenvalue weighted by molar-refractivity contribution is 7.98. The SMILES string of the molecule is COCCNCC1CCOC1c1ccc(SC)cc1. The third-order valence-electron chi connectivity index (χ3n) is 3.55. The molecule has 0 saturated carbocycles. The summed E-state index contributed by atoms with van der Waals surface area (Å²) in [6.45, 7) is 3.54. The molecule has 0 bridgehead atoms. The molecule has 1 N–H and O–H groups in total. The van der Waals surface area contributed by atoms with E-state index in [-0.39, 0.29) is 6.10 Å². The first-order valence-electron chi connectivity index (χ1n) is 6.80. The van der Waals surface area contributed by atoms with Gasteiger partial charge in [-0.2, -0.15) is 0 Å². The zero-order chi connectivity index (χ0) is 13.5. The van der Waals surface area contributed by atoms with Gasteiger partial charge in [0.25, 0.3) is 0 Å². The van der Waals surface area contributed by atoms with Crippen molar-refractivity contribution in [3.63, 3.8) is 0 Å². The average Bonchev–Trinajstić information content (AvgIpc) is 2.92. The van der Waals surface area contributed by atoms with E-state index in [1.165, 1.54) is 10.5 Å². The van der Waals surface area contributed by atoms with Gasteiger partial charge in [-0.15, -0.1) is 11.8 Å². The van der Waals surface area contributed by atoms with E-state index in [1.807, 2.05) is 0 Å². The topological polar surface area (TPSA) is 30.5 Å². The van der Waals surface area contributed by atoms with Crippen LogP contribution in [0.1, 0.15) is 18.1 Å². The highest BCUT2D eigenvalue weighted by atomic mass is 32.2. The molecular formula is C15H23NO2S. The Morgan fingerprint density at radius 2 is 2.16 bits per heavy atom. The van der Waals surface area contributed by atoms with Gasteiger partial charge in [0.1, 0.15) is 0 Å². The molecule has 2 unspecified atom stereocenters. The van der Waals surface area contributed by atoms with E-state index in [0.29, 0.717) is 5.92 Å². The fraction of sp³-hybridized carbons (Fsp3) is 0.600. The second-order valence-electron chi connectivity index (χ2n) is 4.81. The van der Waals surface area contributed by atoms with E-state index in [4.69, 9.17) is 9.47 Å². The first kappa shape index (κ1) is 14.9. The van der Waals surface area contributed by atoms with E-state index in [2.05, 4.69) is 35.8 Å². The van der Waals surface area contributed by atoms with Gasteiger partial charge in [0.15, 0.2) is 0 Å². The molecule has 1 fully saturated rings. The van der Waals surface area contributed by atoms with Crippen LogP contribution in [0.15, 0.2) is 29.2 Å². The monoisotopic (exact) mass is 281 g/mol. The van der Waals surface area contributed by atoms with E-state index in [1.54, 1.807) is 18.9 Å². The molecule has 1 aromatic carbocycles. The minimum atomic E-state index is 0.242. The number of rotatable bonds is 7. The zero-order valence-electron chi connectivity index (χ0n) is 11.7. The second-order valence-corrected chi connectivity index (χ2v) is 5.69. The zero-order valence-corrected chi connectivity index (χ0v) is 12.5. The Hall–Kier alpha value is -0.550. The first-order valence-corrected chi connectivity index (χ1v) is 8.03. The Morgan fingerprint density at radius 3 is 2.84 bits per heavy atom. The van der Waals surface area contributed by atoms with Crippen molar-refractivity contribution in [2.45, 2.75) is 17.4 Å². The molecule has 4 heteroatoms. The van der Waals surface area contributed by atoms with Crippen molar-refractivity contribution < 1.29 is 9.47 Å². The Kier molecular flexibility index (Phi) is 6.17. The number of hydrogen-bond donors (Lipinski definition) is 1. The summed E-state index contributed by atoms with van der Waals surface area (Å²) in [5, 5.41) is 3.44.